The van der Waals surface area contributed by atoms with Crippen LogP contribution in [0.15, 0.2) is 69.9 Å². The number of nitrogens with zero attached hydrogens (tertiary/aromatic N) is 1. The van der Waals surface area contributed by atoms with Crippen molar-refractivity contribution in [1.29, 1.82) is 0 Å². The maximum absolute atomic E-state index is 12.5. The van der Waals surface area contributed by atoms with Crippen LogP contribution < -0.4 is 29.5 Å². The van der Waals surface area contributed by atoms with E-state index in [1.54, 1.807) is 21.3 Å². The molecule has 1 aliphatic rings. The average molecular weight is 445 g/mol. The van der Waals surface area contributed by atoms with Gasteiger partial charge < -0.3 is 28.3 Å². The van der Waals surface area contributed by atoms with Crippen molar-refractivity contribution in [2.75, 3.05) is 33.0 Å². The van der Waals surface area contributed by atoms with Gasteiger partial charge in [-0.3, -0.25) is 0 Å². The van der Waals surface area contributed by atoms with Gasteiger partial charge in [0.1, 0.15) is 17.1 Å². The molecule has 168 valence electrons. The molecule has 0 bridgehead atoms. The van der Waals surface area contributed by atoms with Crippen molar-refractivity contribution in [3.63, 3.8) is 0 Å². The summed E-state index contributed by atoms with van der Waals surface area (Å²) in [6.07, 6.45) is 0. The summed E-state index contributed by atoms with van der Waals surface area (Å²) in [5.74, 6) is 2.74. The Morgan fingerprint density at radius 1 is 0.848 bits per heavy atom. The number of fused-ring (bicyclic) bond motifs is 3. The highest BCUT2D eigenvalue weighted by molar-refractivity contribution is 5.96. The van der Waals surface area contributed by atoms with Crippen LogP contribution in [0.4, 0.5) is 5.69 Å². The first-order valence-electron chi connectivity index (χ1n) is 10.4. The van der Waals surface area contributed by atoms with Crippen LogP contribution in [0.3, 0.4) is 0 Å². The van der Waals surface area contributed by atoms with Crippen LogP contribution in [0.1, 0.15) is 5.56 Å². The third-order valence-electron chi connectivity index (χ3n) is 5.83. The van der Waals surface area contributed by atoms with Crippen LogP contribution in [0.25, 0.3) is 22.1 Å². The van der Waals surface area contributed by atoms with Crippen molar-refractivity contribution in [1.82, 2.24) is 0 Å². The van der Waals surface area contributed by atoms with E-state index in [1.807, 2.05) is 59.5 Å². The lowest BCUT2D eigenvalue weighted by molar-refractivity contribution is 0.288. The predicted molar refractivity (Wildman–Crippen MR) is 126 cm³/mol. The van der Waals surface area contributed by atoms with Crippen LogP contribution in [-0.4, -0.2) is 28.1 Å². The fourth-order valence-corrected chi connectivity index (χ4v) is 4.13. The van der Waals surface area contributed by atoms with Gasteiger partial charge in [-0.15, -0.1) is 0 Å². The second-order valence-electron chi connectivity index (χ2n) is 7.64. The smallest absolute Gasteiger partial charge is 0.336 e. The van der Waals surface area contributed by atoms with Gasteiger partial charge in [-0.05, 0) is 47.5 Å². The highest BCUT2D eigenvalue weighted by Crippen LogP contribution is 2.39. The molecular weight excluding hydrogens is 422 g/mol. The lowest BCUT2D eigenvalue weighted by atomic mass is 9.99. The minimum Gasteiger partial charge on any atom is -0.497 e. The molecule has 5 rings (SSSR count). The molecule has 4 aromatic rings. The quantitative estimate of drug-likeness (QED) is 0.407. The van der Waals surface area contributed by atoms with Crippen molar-refractivity contribution < 1.29 is 23.4 Å². The third-order valence-corrected chi connectivity index (χ3v) is 5.83. The molecule has 0 saturated carbocycles. The molecule has 0 radical (unpaired) electrons. The summed E-state index contributed by atoms with van der Waals surface area (Å²) in [6, 6.07) is 18.7. The maximum Gasteiger partial charge on any atom is 0.336 e. The van der Waals surface area contributed by atoms with E-state index in [9.17, 15) is 4.79 Å². The van der Waals surface area contributed by atoms with Gasteiger partial charge in [0.25, 0.3) is 0 Å². The molecule has 0 unspecified atom stereocenters. The first-order valence-corrected chi connectivity index (χ1v) is 10.4. The van der Waals surface area contributed by atoms with Crippen molar-refractivity contribution >= 4 is 16.7 Å². The van der Waals surface area contributed by atoms with Crippen molar-refractivity contribution in [2.45, 2.75) is 6.54 Å². The highest BCUT2D eigenvalue weighted by atomic mass is 16.5. The third kappa shape index (κ3) is 3.71. The topological polar surface area (TPSA) is 70.4 Å². The van der Waals surface area contributed by atoms with E-state index >= 15 is 0 Å². The van der Waals surface area contributed by atoms with E-state index in [0.717, 1.165) is 33.5 Å². The zero-order chi connectivity index (χ0) is 22.9. The summed E-state index contributed by atoms with van der Waals surface area (Å²) in [5.41, 5.74) is 3.54. The maximum atomic E-state index is 12.5. The van der Waals surface area contributed by atoms with E-state index in [2.05, 4.69) is 0 Å². The van der Waals surface area contributed by atoms with Gasteiger partial charge in [-0.1, -0.05) is 12.1 Å². The van der Waals surface area contributed by atoms with Gasteiger partial charge >= 0.3 is 5.63 Å². The highest BCUT2D eigenvalue weighted by Gasteiger charge is 2.24. The largest absolute Gasteiger partial charge is 0.497 e. The van der Waals surface area contributed by atoms with E-state index in [1.165, 1.54) is 6.07 Å². The number of methoxy groups -OCH3 is 3. The van der Waals surface area contributed by atoms with Crippen LogP contribution in [0.5, 0.6) is 23.0 Å². The molecule has 33 heavy (non-hydrogen) atoms. The number of rotatable bonds is 5. The second kappa shape index (κ2) is 8.43. The Kier molecular flexibility index (Phi) is 5.30. The fourth-order valence-electron chi connectivity index (χ4n) is 4.13. The SMILES string of the molecule is COc1ccc(-c2cc(=O)oc3c4c(ccc23)OCN(c2ccc(OC)c(OC)c2)C4)cc1. The van der Waals surface area contributed by atoms with E-state index in [4.69, 9.17) is 23.4 Å². The molecule has 0 aliphatic carbocycles. The number of hydrogen-bond donors (Lipinski definition) is 0. The Balaban J connectivity index is 1.59. The molecule has 2 heterocycles. The van der Waals surface area contributed by atoms with Crippen LogP contribution in [0, 0.1) is 0 Å². The zero-order valence-corrected chi connectivity index (χ0v) is 18.6. The van der Waals surface area contributed by atoms with Gasteiger partial charge in [0.05, 0.1) is 33.4 Å². The molecule has 3 aromatic carbocycles. The molecule has 0 spiro atoms. The standard InChI is InChI=1S/C26H23NO6/c1-29-18-7-4-16(5-8-18)20-13-25(28)33-26-19(20)9-11-22-21(26)14-27(15-32-22)17-6-10-23(30-2)24(12-17)31-3/h4-13H,14-15H2,1-3H3. The van der Waals surface area contributed by atoms with Gasteiger partial charge in [-0.2, -0.15) is 0 Å². The molecule has 7 nitrogen and oxygen atoms in total. The summed E-state index contributed by atoms with van der Waals surface area (Å²) in [7, 11) is 4.83. The molecule has 0 saturated heterocycles. The van der Waals surface area contributed by atoms with Crippen LogP contribution in [-0.2, 0) is 6.54 Å². The monoisotopic (exact) mass is 445 g/mol. The summed E-state index contributed by atoms with van der Waals surface area (Å²) in [4.78, 5) is 14.6. The molecule has 0 amide bonds. The van der Waals surface area contributed by atoms with E-state index < -0.39 is 5.63 Å². The summed E-state index contributed by atoms with van der Waals surface area (Å²) < 4.78 is 27.8. The Labute approximate surface area is 190 Å². The summed E-state index contributed by atoms with van der Waals surface area (Å²) in [5, 5.41) is 0.844. The van der Waals surface area contributed by atoms with Crippen molar-refractivity contribution in [3.05, 3.63) is 76.6 Å². The van der Waals surface area contributed by atoms with Crippen molar-refractivity contribution in [3.8, 4) is 34.1 Å². The van der Waals surface area contributed by atoms with Gasteiger partial charge in [0, 0.05) is 23.2 Å². The predicted octanol–water partition coefficient (Wildman–Crippen LogP) is 4.84. The Morgan fingerprint density at radius 3 is 2.36 bits per heavy atom. The Hall–Kier alpha value is -4.13. The average Bonchev–Trinajstić information content (AvgIpc) is 2.87. The minimum atomic E-state index is -0.412. The van der Waals surface area contributed by atoms with Gasteiger partial charge in [0.15, 0.2) is 18.2 Å². The molecular formula is C26H23NO6. The lowest BCUT2D eigenvalue weighted by Crippen LogP contribution is -2.32. The first kappa shape index (κ1) is 20.8. The Bertz CT molecular complexity index is 1380. The summed E-state index contributed by atoms with van der Waals surface area (Å²) >= 11 is 0. The molecule has 0 fully saturated rings. The van der Waals surface area contributed by atoms with Crippen LogP contribution in [0.2, 0.25) is 0 Å². The second-order valence-corrected chi connectivity index (χ2v) is 7.64. The number of hydrogen-bond acceptors (Lipinski definition) is 7. The molecule has 0 N–H and O–H groups in total. The minimum absolute atomic E-state index is 0.358. The lowest BCUT2D eigenvalue weighted by Gasteiger charge is -2.31. The van der Waals surface area contributed by atoms with E-state index in [0.29, 0.717) is 36.1 Å². The Morgan fingerprint density at radius 2 is 1.64 bits per heavy atom. The molecule has 7 heteroatoms. The molecule has 1 aromatic heterocycles. The van der Waals surface area contributed by atoms with E-state index in [-0.39, 0.29) is 0 Å². The van der Waals surface area contributed by atoms with Gasteiger partial charge in [-0.25, -0.2) is 4.79 Å². The molecule has 0 atom stereocenters. The zero-order valence-electron chi connectivity index (χ0n) is 18.6. The normalized spacial score (nSPS) is 12.8. The number of anilines is 1. The summed E-state index contributed by atoms with van der Waals surface area (Å²) in [6.45, 7) is 0.869. The first-order chi connectivity index (χ1) is 16.1. The number of ether oxygens (including phenoxy) is 4. The molecule has 1 aliphatic heterocycles. The van der Waals surface area contributed by atoms with Crippen LogP contribution >= 0.6 is 0 Å². The van der Waals surface area contributed by atoms with Gasteiger partial charge in [0.2, 0.25) is 0 Å². The fraction of sp³-hybridized carbons (Fsp3) is 0.192. The van der Waals surface area contributed by atoms with Crippen molar-refractivity contribution in [2.24, 2.45) is 0 Å². The number of benzene rings is 3.